The number of nitrogens with one attached hydrogen (secondary N) is 1. The fourth-order valence-corrected chi connectivity index (χ4v) is 2.98. The highest BCUT2D eigenvalue weighted by atomic mass is 16.5. The van der Waals surface area contributed by atoms with Gasteiger partial charge in [-0.3, -0.25) is 9.59 Å². The molecule has 0 aromatic heterocycles. The van der Waals surface area contributed by atoms with Gasteiger partial charge in [-0.05, 0) is 19.1 Å². The minimum absolute atomic E-state index is 0.0442. The second-order valence-corrected chi connectivity index (χ2v) is 6.33. The number of hydrogen-bond acceptors (Lipinski definition) is 4. The van der Waals surface area contributed by atoms with Crippen LogP contribution >= 0.6 is 0 Å². The van der Waals surface area contributed by atoms with Crippen LogP contribution in [0.2, 0.25) is 0 Å². The monoisotopic (exact) mass is 354 g/mol. The molecule has 0 aliphatic carbocycles. The van der Waals surface area contributed by atoms with Crippen LogP contribution in [-0.2, 0) is 9.59 Å². The summed E-state index contributed by atoms with van der Waals surface area (Å²) in [6.45, 7) is 2.36. The topological polar surface area (TPSA) is 67.9 Å². The van der Waals surface area contributed by atoms with Crippen LogP contribution in [0.25, 0.3) is 0 Å². The first-order valence-corrected chi connectivity index (χ1v) is 8.41. The van der Waals surface area contributed by atoms with Crippen LogP contribution in [0.5, 0.6) is 11.5 Å². The predicted molar refractivity (Wildman–Crippen MR) is 99.8 cm³/mol. The molecular weight excluding hydrogens is 332 g/mol. The Bertz CT molecular complexity index is 795. The fourth-order valence-electron chi connectivity index (χ4n) is 2.98. The van der Waals surface area contributed by atoms with E-state index in [0.717, 1.165) is 11.3 Å². The smallest absolute Gasteiger partial charge is 0.229 e. The molecule has 2 aromatic rings. The van der Waals surface area contributed by atoms with Gasteiger partial charge in [-0.2, -0.15) is 0 Å². The molecule has 0 bridgehead atoms. The molecule has 1 heterocycles. The Morgan fingerprint density at radius 1 is 1.08 bits per heavy atom. The molecule has 26 heavy (non-hydrogen) atoms. The highest BCUT2D eigenvalue weighted by Gasteiger charge is 2.35. The van der Waals surface area contributed by atoms with Crippen molar-refractivity contribution in [3.63, 3.8) is 0 Å². The van der Waals surface area contributed by atoms with Crippen LogP contribution in [0, 0.1) is 12.8 Å². The number of anilines is 2. The summed E-state index contributed by atoms with van der Waals surface area (Å²) in [6, 6.07) is 12.9. The number of amides is 2. The molecule has 1 N–H and O–H groups in total. The second-order valence-electron chi connectivity index (χ2n) is 6.33. The van der Waals surface area contributed by atoms with Gasteiger partial charge in [-0.15, -0.1) is 0 Å². The largest absolute Gasteiger partial charge is 0.497 e. The predicted octanol–water partition coefficient (Wildman–Crippen LogP) is 3.00. The van der Waals surface area contributed by atoms with E-state index in [1.54, 1.807) is 37.3 Å². The molecule has 1 aliphatic heterocycles. The van der Waals surface area contributed by atoms with Crippen molar-refractivity contribution in [1.82, 2.24) is 0 Å². The van der Waals surface area contributed by atoms with Gasteiger partial charge in [0, 0.05) is 42.5 Å². The van der Waals surface area contributed by atoms with Crippen LogP contribution in [-0.4, -0.2) is 32.6 Å². The van der Waals surface area contributed by atoms with Gasteiger partial charge in [0.1, 0.15) is 11.5 Å². The van der Waals surface area contributed by atoms with Gasteiger partial charge in [0.15, 0.2) is 0 Å². The van der Waals surface area contributed by atoms with Crippen molar-refractivity contribution >= 4 is 23.2 Å². The quantitative estimate of drug-likeness (QED) is 0.896. The van der Waals surface area contributed by atoms with E-state index in [1.165, 1.54) is 0 Å². The Morgan fingerprint density at radius 3 is 2.27 bits per heavy atom. The molecule has 136 valence electrons. The molecule has 0 saturated carbocycles. The third kappa shape index (κ3) is 3.79. The zero-order valence-corrected chi connectivity index (χ0v) is 15.1. The number of ether oxygens (including phenoxy) is 2. The van der Waals surface area contributed by atoms with Crippen molar-refractivity contribution in [2.75, 3.05) is 31.0 Å². The number of carbonyl (C=O) groups excluding carboxylic acids is 2. The average molecular weight is 354 g/mol. The molecule has 6 nitrogen and oxygen atoms in total. The van der Waals surface area contributed by atoms with Gasteiger partial charge in [0.2, 0.25) is 11.8 Å². The number of aryl methyl sites for hydroxylation is 1. The fraction of sp³-hybridized carbons (Fsp3) is 0.300. The van der Waals surface area contributed by atoms with E-state index in [4.69, 9.17) is 9.47 Å². The van der Waals surface area contributed by atoms with E-state index in [-0.39, 0.29) is 18.2 Å². The zero-order valence-electron chi connectivity index (χ0n) is 15.1. The Hall–Kier alpha value is -3.02. The van der Waals surface area contributed by atoms with Gasteiger partial charge >= 0.3 is 0 Å². The Balaban J connectivity index is 1.71. The summed E-state index contributed by atoms with van der Waals surface area (Å²) in [4.78, 5) is 26.6. The van der Waals surface area contributed by atoms with Crippen molar-refractivity contribution in [3.05, 3.63) is 48.0 Å². The lowest BCUT2D eigenvalue weighted by Crippen LogP contribution is -2.28. The van der Waals surface area contributed by atoms with Crippen molar-refractivity contribution in [2.45, 2.75) is 13.3 Å². The highest BCUT2D eigenvalue weighted by molar-refractivity contribution is 6.03. The molecule has 1 atom stereocenters. The third-order valence-electron chi connectivity index (χ3n) is 4.46. The normalized spacial score (nSPS) is 16.5. The van der Waals surface area contributed by atoms with Gasteiger partial charge < -0.3 is 19.7 Å². The van der Waals surface area contributed by atoms with Crippen LogP contribution in [0.4, 0.5) is 11.4 Å². The second kappa shape index (κ2) is 7.47. The van der Waals surface area contributed by atoms with Crippen LogP contribution in [0.1, 0.15) is 12.0 Å². The lowest BCUT2D eigenvalue weighted by molar-refractivity contribution is -0.122. The molecule has 0 spiro atoms. The number of hydrogen-bond donors (Lipinski definition) is 1. The van der Waals surface area contributed by atoms with Crippen LogP contribution in [0.15, 0.2) is 42.5 Å². The van der Waals surface area contributed by atoms with E-state index in [9.17, 15) is 9.59 Å². The van der Waals surface area contributed by atoms with Gasteiger partial charge in [-0.25, -0.2) is 0 Å². The molecule has 6 heteroatoms. The summed E-state index contributed by atoms with van der Waals surface area (Å²) in [7, 11) is 3.10. The summed E-state index contributed by atoms with van der Waals surface area (Å²) in [5, 5.41) is 2.86. The number of rotatable bonds is 5. The Labute approximate surface area is 152 Å². The van der Waals surface area contributed by atoms with Crippen LogP contribution < -0.4 is 19.7 Å². The van der Waals surface area contributed by atoms with Crippen LogP contribution in [0.3, 0.4) is 0 Å². The summed E-state index contributed by atoms with van der Waals surface area (Å²) in [6.07, 6.45) is 0.195. The first kappa shape index (κ1) is 17.8. The Kier molecular flexibility index (Phi) is 5.11. The molecule has 1 unspecified atom stereocenters. The van der Waals surface area contributed by atoms with Crippen molar-refractivity contribution < 1.29 is 19.1 Å². The molecule has 2 aromatic carbocycles. The molecule has 1 aliphatic rings. The van der Waals surface area contributed by atoms with Crippen molar-refractivity contribution in [2.24, 2.45) is 5.92 Å². The summed E-state index contributed by atoms with van der Waals surface area (Å²) in [5.41, 5.74) is 2.52. The lowest BCUT2D eigenvalue weighted by atomic mass is 10.1. The summed E-state index contributed by atoms with van der Waals surface area (Å²) < 4.78 is 10.4. The lowest BCUT2D eigenvalue weighted by Gasteiger charge is -2.17. The molecule has 1 fully saturated rings. The first-order chi connectivity index (χ1) is 12.5. The van der Waals surface area contributed by atoms with E-state index >= 15 is 0 Å². The minimum atomic E-state index is -0.402. The standard InChI is InChI=1S/C20H22N2O4/c1-13-4-6-16(7-5-13)22-12-14(8-19(22)23)20(24)21-15-9-17(25-2)11-18(10-15)26-3/h4-7,9-11,14H,8,12H2,1-3H3,(H,21,24). The number of methoxy groups -OCH3 is 2. The number of nitrogens with zero attached hydrogens (tertiary/aromatic N) is 1. The van der Waals surface area contributed by atoms with Gasteiger partial charge in [-0.1, -0.05) is 17.7 Å². The van der Waals surface area contributed by atoms with Gasteiger partial charge in [0.05, 0.1) is 20.1 Å². The SMILES string of the molecule is COc1cc(NC(=O)C2CC(=O)N(c3ccc(C)cc3)C2)cc(OC)c1. The Morgan fingerprint density at radius 2 is 1.69 bits per heavy atom. The number of carbonyl (C=O) groups is 2. The van der Waals surface area contributed by atoms with E-state index in [1.807, 2.05) is 31.2 Å². The maximum Gasteiger partial charge on any atom is 0.229 e. The molecule has 3 rings (SSSR count). The van der Waals surface area contributed by atoms with E-state index in [2.05, 4.69) is 5.32 Å². The maximum atomic E-state index is 12.6. The molecule has 1 saturated heterocycles. The zero-order chi connectivity index (χ0) is 18.7. The number of benzene rings is 2. The summed E-state index contributed by atoms with van der Waals surface area (Å²) in [5.74, 6) is 0.536. The van der Waals surface area contributed by atoms with E-state index in [0.29, 0.717) is 23.7 Å². The first-order valence-electron chi connectivity index (χ1n) is 8.41. The molecule has 2 amide bonds. The van der Waals surface area contributed by atoms with Gasteiger partial charge in [0.25, 0.3) is 0 Å². The average Bonchev–Trinajstić information content (AvgIpc) is 3.04. The summed E-state index contributed by atoms with van der Waals surface area (Å²) >= 11 is 0. The third-order valence-corrected chi connectivity index (χ3v) is 4.46. The highest BCUT2D eigenvalue weighted by Crippen LogP contribution is 2.29. The molecule has 0 radical (unpaired) electrons. The van der Waals surface area contributed by atoms with E-state index < -0.39 is 5.92 Å². The molecular formula is C20H22N2O4. The van der Waals surface area contributed by atoms with Crippen molar-refractivity contribution in [3.8, 4) is 11.5 Å². The maximum absolute atomic E-state index is 12.6. The van der Waals surface area contributed by atoms with Crippen molar-refractivity contribution in [1.29, 1.82) is 0 Å². The minimum Gasteiger partial charge on any atom is -0.497 e.